The summed E-state index contributed by atoms with van der Waals surface area (Å²) in [6, 6.07) is -0.487. The van der Waals surface area contributed by atoms with Crippen LogP contribution in [0.3, 0.4) is 0 Å². The van der Waals surface area contributed by atoms with Crippen molar-refractivity contribution in [1.29, 1.82) is 0 Å². The van der Waals surface area contributed by atoms with E-state index in [1.165, 1.54) is 6.92 Å². The van der Waals surface area contributed by atoms with Crippen LogP contribution in [-0.2, 0) is 14.4 Å². The Hall–Kier alpha value is -1.67. The molecule has 0 spiro atoms. The van der Waals surface area contributed by atoms with Crippen LogP contribution in [0.5, 0.6) is 0 Å². The zero-order valence-electron chi connectivity index (χ0n) is 12.6. The number of carboxylic acids is 1. The number of hydrogen-bond acceptors (Lipinski definition) is 5. The van der Waals surface area contributed by atoms with Crippen LogP contribution in [0.15, 0.2) is 0 Å². The maximum absolute atomic E-state index is 11.7. The molecular weight excluding hydrogens is 276 g/mol. The minimum absolute atomic E-state index is 0.0833. The Balaban J connectivity index is 2.18. The SMILES string of the molecule is CC(=O)NCCNC(=O)CN1CCN(C(C)C(=O)O)CC1. The zero-order chi connectivity index (χ0) is 15.8. The zero-order valence-corrected chi connectivity index (χ0v) is 12.6. The number of hydrogen-bond donors (Lipinski definition) is 3. The normalized spacial score (nSPS) is 18.0. The summed E-state index contributed by atoms with van der Waals surface area (Å²) in [5.41, 5.74) is 0. The molecule has 0 bridgehead atoms. The molecule has 8 heteroatoms. The Bertz CT molecular complexity index is 380. The van der Waals surface area contributed by atoms with E-state index in [9.17, 15) is 14.4 Å². The second kappa shape index (κ2) is 8.58. The van der Waals surface area contributed by atoms with Gasteiger partial charge in [0.1, 0.15) is 6.04 Å². The van der Waals surface area contributed by atoms with Gasteiger partial charge in [0, 0.05) is 46.2 Å². The fourth-order valence-electron chi connectivity index (χ4n) is 2.16. The number of amides is 2. The van der Waals surface area contributed by atoms with E-state index in [2.05, 4.69) is 10.6 Å². The lowest BCUT2D eigenvalue weighted by Gasteiger charge is -2.36. The fourth-order valence-corrected chi connectivity index (χ4v) is 2.16. The Morgan fingerprint density at radius 2 is 1.67 bits per heavy atom. The summed E-state index contributed by atoms with van der Waals surface area (Å²) in [6.07, 6.45) is 0. The number of nitrogens with one attached hydrogen (secondary N) is 2. The van der Waals surface area contributed by atoms with Gasteiger partial charge in [-0.1, -0.05) is 0 Å². The van der Waals surface area contributed by atoms with Crippen molar-refractivity contribution in [3.05, 3.63) is 0 Å². The monoisotopic (exact) mass is 300 g/mol. The molecule has 0 aromatic heterocycles. The number of aliphatic carboxylic acids is 1. The molecule has 1 unspecified atom stereocenters. The van der Waals surface area contributed by atoms with Crippen molar-refractivity contribution < 1.29 is 19.5 Å². The molecular formula is C13H24N4O4. The molecule has 1 aliphatic heterocycles. The highest BCUT2D eigenvalue weighted by molar-refractivity contribution is 5.78. The lowest BCUT2D eigenvalue weighted by molar-refractivity contribution is -0.143. The second-order valence-electron chi connectivity index (χ2n) is 5.16. The molecule has 2 amide bonds. The van der Waals surface area contributed by atoms with Gasteiger partial charge in [-0.05, 0) is 6.92 Å². The molecule has 1 fully saturated rings. The van der Waals surface area contributed by atoms with Gasteiger partial charge >= 0.3 is 5.97 Å². The summed E-state index contributed by atoms with van der Waals surface area (Å²) in [4.78, 5) is 37.2. The molecule has 0 radical (unpaired) electrons. The van der Waals surface area contributed by atoms with E-state index in [1.54, 1.807) is 6.92 Å². The molecule has 120 valence electrons. The molecule has 1 saturated heterocycles. The molecule has 1 aliphatic rings. The van der Waals surface area contributed by atoms with Crippen molar-refractivity contribution in [2.45, 2.75) is 19.9 Å². The van der Waals surface area contributed by atoms with Crippen LogP contribution in [0.4, 0.5) is 0 Å². The Morgan fingerprint density at radius 1 is 1.10 bits per heavy atom. The quantitative estimate of drug-likeness (QED) is 0.486. The number of rotatable bonds is 7. The summed E-state index contributed by atoms with van der Waals surface area (Å²) in [7, 11) is 0. The molecule has 0 aromatic rings. The number of carboxylic acid groups (broad SMARTS) is 1. The van der Waals surface area contributed by atoms with E-state index in [0.29, 0.717) is 45.8 Å². The van der Waals surface area contributed by atoms with Crippen LogP contribution in [0, 0.1) is 0 Å². The average Bonchev–Trinajstić information content (AvgIpc) is 2.43. The number of carbonyl (C=O) groups is 3. The molecule has 1 heterocycles. The van der Waals surface area contributed by atoms with Crippen molar-refractivity contribution >= 4 is 17.8 Å². The smallest absolute Gasteiger partial charge is 0.320 e. The third kappa shape index (κ3) is 6.54. The maximum Gasteiger partial charge on any atom is 0.320 e. The van der Waals surface area contributed by atoms with Gasteiger partial charge in [-0.2, -0.15) is 0 Å². The highest BCUT2D eigenvalue weighted by Crippen LogP contribution is 2.06. The van der Waals surface area contributed by atoms with Gasteiger partial charge in [0.15, 0.2) is 0 Å². The molecule has 1 rings (SSSR count). The van der Waals surface area contributed by atoms with Gasteiger partial charge in [-0.3, -0.25) is 24.2 Å². The van der Waals surface area contributed by atoms with Crippen LogP contribution in [0.2, 0.25) is 0 Å². The topological polar surface area (TPSA) is 102 Å². The van der Waals surface area contributed by atoms with E-state index in [1.807, 2.05) is 9.80 Å². The minimum Gasteiger partial charge on any atom is -0.480 e. The Morgan fingerprint density at radius 3 is 2.19 bits per heavy atom. The summed E-state index contributed by atoms with van der Waals surface area (Å²) in [6.45, 7) is 6.88. The fraction of sp³-hybridized carbons (Fsp3) is 0.769. The number of carbonyl (C=O) groups excluding carboxylic acids is 2. The lowest BCUT2D eigenvalue weighted by atomic mass is 10.2. The van der Waals surface area contributed by atoms with Crippen molar-refractivity contribution in [3.63, 3.8) is 0 Å². The van der Waals surface area contributed by atoms with Gasteiger partial charge < -0.3 is 15.7 Å². The first kappa shape index (κ1) is 17.4. The van der Waals surface area contributed by atoms with Crippen LogP contribution in [0.25, 0.3) is 0 Å². The van der Waals surface area contributed by atoms with Gasteiger partial charge in [0.25, 0.3) is 0 Å². The standard InChI is InChI=1S/C13H24N4O4/c1-10(13(20)21)17-7-5-16(6-8-17)9-12(19)15-4-3-14-11(2)18/h10H,3-9H2,1-2H3,(H,14,18)(H,15,19)(H,20,21). The predicted molar refractivity (Wildman–Crippen MR) is 76.8 cm³/mol. The van der Waals surface area contributed by atoms with Crippen molar-refractivity contribution in [2.75, 3.05) is 45.8 Å². The van der Waals surface area contributed by atoms with E-state index >= 15 is 0 Å². The van der Waals surface area contributed by atoms with E-state index in [4.69, 9.17) is 5.11 Å². The lowest BCUT2D eigenvalue weighted by Crippen LogP contribution is -2.53. The molecule has 0 saturated carbocycles. The van der Waals surface area contributed by atoms with Gasteiger partial charge in [-0.25, -0.2) is 0 Å². The van der Waals surface area contributed by atoms with Crippen molar-refractivity contribution in [1.82, 2.24) is 20.4 Å². The highest BCUT2D eigenvalue weighted by Gasteiger charge is 2.25. The molecule has 3 N–H and O–H groups in total. The summed E-state index contributed by atoms with van der Waals surface area (Å²) in [5.74, 6) is -1.02. The van der Waals surface area contributed by atoms with Crippen LogP contribution in [-0.4, -0.2) is 84.5 Å². The molecule has 21 heavy (non-hydrogen) atoms. The largest absolute Gasteiger partial charge is 0.480 e. The summed E-state index contributed by atoms with van der Waals surface area (Å²) in [5, 5.41) is 14.3. The molecule has 8 nitrogen and oxygen atoms in total. The first-order valence-electron chi connectivity index (χ1n) is 7.10. The van der Waals surface area contributed by atoms with Gasteiger partial charge in [-0.15, -0.1) is 0 Å². The summed E-state index contributed by atoms with van der Waals surface area (Å²) < 4.78 is 0. The third-order valence-corrected chi connectivity index (χ3v) is 3.50. The van der Waals surface area contributed by atoms with Crippen molar-refractivity contribution in [2.24, 2.45) is 0 Å². The first-order chi connectivity index (χ1) is 9.90. The third-order valence-electron chi connectivity index (χ3n) is 3.50. The summed E-state index contributed by atoms with van der Waals surface area (Å²) >= 11 is 0. The second-order valence-corrected chi connectivity index (χ2v) is 5.16. The van der Waals surface area contributed by atoms with Crippen molar-refractivity contribution in [3.8, 4) is 0 Å². The molecule has 0 aliphatic carbocycles. The van der Waals surface area contributed by atoms with Crippen LogP contribution < -0.4 is 10.6 Å². The van der Waals surface area contributed by atoms with Crippen LogP contribution >= 0.6 is 0 Å². The number of nitrogens with zero attached hydrogens (tertiary/aromatic N) is 2. The van der Waals surface area contributed by atoms with E-state index in [0.717, 1.165) is 0 Å². The van der Waals surface area contributed by atoms with Gasteiger partial charge in [0.2, 0.25) is 11.8 Å². The predicted octanol–water partition coefficient (Wildman–Crippen LogP) is -1.67. The maximum atomic E-state index is 11.7. The van der Waals surface area contributed by atoms with E-state index < -0.39 is 12.0 Å². The number of piperazine rings is 1. The molecule has 0 aromatic carbocycles. The average molecular weight is 300 g/mol. The van der Waals surface area contributed by atoms with Crippen LogP contribution in [0.1, 0.15) is 13.8 Å². The first-order valence-corrected chi connectivity index (χ1v) is 7.10. The Labute approximate surface area is 124 Å². The van der Waals surface area contributed by atoms with Gasteiger partial charge in [0.05, 0.1) is 6.54 Å². The minimum atomic E-state index is -0.820. The van der Waals surface area contributed by atoms with E-state index in [-0.39, 0.29) is 11.8 Å². The Kier molecular flexibility index (Phi) is 7.10. The highest BCUT2D eigenvalue weighted by atomic mass is 16.4. The molecule has 1 atom stereocenters.